The van der Waals surface area contributed by atoms with Gasteiger partial charge in [-0.1, -0.05) is 42.0 Å². The van der Waals surface area contributed by atoms with Crippen LogP contribution in [0.3, 0.4) is 0 Å². The van der Waals surface area contributed by atoms with Crippen LogP contribution in [0.15, 0.2) is 106 Å². The van der Waals surface area contributed by atoms with Gasteiger partial charge in [0, 0.05) is 71.0 Å². The van der Waals surface area contributed by atoms with Crippen LogP contribution in [-0.4, -0.2) is 66.8 Å². The quantitative estimate of drug-likeness (QED) is 0.0741. The third-order valence-corrected chi connectivity index (χ3v) is 8.96. The minimum atomic E-state index is -0.649. The minimum Gasteiger partial charge on any atom is -0.507 e. The number of hydrogen-bond donors (Lipinski definition) is 2. The Hall–Kier alpha value is -4.27. The molecule has 4 aromatic carbocycles. The molecule has 0 aliphatic carbocycles. The summed E-state index contributed by atoms with van der Waals surface area (Å²) in [7, 11) is 0. The first-order valence-corrected chi connectivity index (χ1v) is 17.0. The zero-order chi connectivity index (χ0) is 32.9. The first-order valence-electron chi connectivity index (χ1n) is 16.0. The van der Waals surface area contributed by atoms with Crippen molar-refractivity contribution in [1.29, 1.82) is 0 Å². The molecule has 2 N–H and O–H groups in total. The summed E-state index contributed by atoms with van der Waals surface area (Å²) in [5.41, 5.74) is 6.70. The summed E-state index contributed by atoms with van der Waals surface area (Å²) in [4.78, 5) is 5.71. The number of aromatic hydroxyl groups is 1. The van der Waals surface area contributed by atoms with E-state index >= 15 is 0 Å². The Morgan fingerprint density at radius 2 is 1.33 bits per heavy atom. The fourth-order valence-electron chi connectivity index (χ4n) is 5.06. The van der Waals surface area contributed by atoms with Crippen LogP contribution in [0.2, 0.25) is 0 Å². The van der Waals surface area contributed by atoms with E-state index in [0.717, 1.165) is 47.9 Å². The van der Waals surface area contributed by atoms with Crippen molar-refractivity contribution in [2.45, 2.75) is 45.6 Å². The van der Waals surface area contributed by atoms with E-state index in [1.54, 1.807) is 30.1 Å². The molecule has 0 amide bonds. The second-order valence-corrected chi connectivity index (χ2v) is 12.0. The second kappa shape index (κ2) is 17.4. The molecule has 0 bridgehead atoms. The topological polar surface area (TPSA) is 80.9 Å². The standard InChI is InChI=1S/C38H46N4O3S/c1-6-41(7-2)32-17-12-29(13-18-32)38(30-14-19-33(20-15-30)42(8-3)9-4)40-39-25-31-16-21-35(24-37(31)44)45-26-34(43)27-46-36-22-10-28(5)11-23-36/h10-25,34,43-44H,6-9,26-27H2,1-5H3/b39-25+. The van der Waals surface area contributed by atoms with Gasteiger partial charge in [0.1, 0.15) is 23.8 Å². The Labute approximate surface area is 278 Å². The zero-order valence-electron chi connectivity index (χ0n) is 27.6. The Morgan fingerprint density at radius 3 is 1.83 bits per heavy atom. The van der Waals surface area contributed by atoms with E-state index in [4.69, 9.17) is 4.74 Å². The van der Waals surface area contributed by atoms with E-state index in [1.807, 2.05) is 12.1 Å². The molecular weight excluding hydrogens is 593 g/mol. The number of hydrogen-bond acceptors (Lipinski definition) is 8. The highest BCUT2D eigenvalue weighted by Crippen LogP contribution is 2.25. The number of anilines is 2. The SMILES string of the molecule is CCN(CC)c1ccc(C(=N/N=C/c2ccc(OCC(O)CSc3ccc(C)cc3)cc2O)c2ccc(N(CC)CC)cc2)cc1. The first-order chi connectivity index (χ1) is 22.3. The number of aliphatic hydroxyl groups excluding tert-OH is 1. The van der Waals surface area contributed by atoms with Crippen molar-refractivity contribution in [2.24, 2.45) is 10.2 Å². The van der Waals surface area contributed by atoms with Crippen molar-refractivity contribution in [3.8, 4) is 11.5 Å². The molecule has 0 saturated carbocycles. The number of phenols is 1. The predicted molar refractivity (Wildman–Crippen MR) is 195 cm³/mol. The van der Waals surface area contributed by atoms with Crippen LogP contribution in [0, 0.1) is 6.92 Å². The maximum absolute atomic E-state index is 10.7. The molecule has 7 nitrogen and oxygen atoms in total. The summed E-state index contributed by atoms with van der Waals surface area (Å²) in [6, 6.07) is 30.0. The number of phenolic OH excluding ortho intramolecular Hbond substituents is 1. The smallest absolute Gasteiger partial charge is 0.128 e. The maximum atomic E-state index is 10.7. The number of rotatable bonds is 16. The molecular formula is C38H46N4O3S. The van der Waals surface area contributed by atoms with E-state index < -0.39 is 6.10 Å². The molecule has 4 aromatic rings. The van der Waals surface area contributed by atoms with E-state index in [2.05, 4.69) is 115 Å². The van der Waals surface area contributed by atoms with Crippen LogP contribution in [-0.2, 0) is 0 Å². The van der Waals surface area contributed by atoms with Gasteiger partial charge in [0.25, 0.3) is 0 Å². The molecule has 0 saturated heterocycles. The van der Waals surface area contributed by atoms with E-state index in [0.29, 0.717) is 17.1 Å². The molecule has 0 aromatic heterocycles. The van der Waals surface area contributed by atoms with Crippen molar-refractivity contribution in [3.63, 3.8) is 0 Å². The number of benzene rings is 4. The van der Waals surface area contributed by atoms with Crippen LogP contribution in [0.4, 0.5) is 11.4 Å². The lowest BCUT2D eigenvalue weighted by molar-refractivity contribution is 0.126. The van der Waals surface area contributed by atoms with Crippen LogP contribution in [0.5, 0.6) is 11.5 Å². The van der Waals surface area contributed by atoms with Gasteiger partial charge in [0.15, 0.2) is 0 Å². The van der Waals surface area contributed by atoms with Crippen LogP contribution < -0.4 is 14.5 Å². The average Bonchev–Trinajstić information content (AvgIpc) is 3.08. The fraction of sp³-hybridized carbons (Fsp3) is 0.316. The molecule has 8 heteroatoms. The monoisotopic (exact) mass is 638 g/mol. The number of ether oxygens (including phenoxy) is 1. The van der Waals surface area contributed by atoms with Crippen molar-refractivity contribution in [1.82, 2.24) is 0 Å². The molecule has 242 valence electrons. The van der Waals surface area contributed by atoms with E-state index in [9.17, 15) is 10.2 Å². The highest BCUT2D eigenvalue weighted by atomic mass is 32.2. The average molecular weight is 639 g/mol. The van der Waals surface area contributed by atoms with Crippen molar-refractivity contribution >= 4 is 35.1 Å². The molecule has 0 fully saturated rings. The molecule has 0 aliphatic rings. The largest absolute Gasteiger partial charge is 0.507 e. The molecule has 0 radical (unpaired) electrons. The van der Waals surface area contributed by atoms with Crippen molar-refractivity contribution in [3.05, 3.63) is 113 Å². The van der Waals surface area contributed by atoms with Gasteiger partial charge in [-0.05, 0) is 83.1 Å². The summed E-state index contributed by atoms with van der Waals surface area (Å²) < 4.78 is 5.75. The molecule has 4 rings (SSSR count). The molecule has 46 heavy (non-hydrogen) atoms. The van der Waals surface area contributed by atoms with E-state index in [-0.39, 0.29) is 12.4 Å². The number of aryl methyl sites for hydroxylation is 1. The molecule has 0 heterocycles. The number of thioether (sulfide) groups is 1. The molecule has 1 atom stereocenters. The van der Waals surface area contributed by atoms with Crippen LogP contribution >= 0.6 is 11.8 Å². The van der Waals surface area contributed by atoms with Crippen molar-refractivity contribution < 1.29 is 14.9 Å². The number of nitrogens with zero attached hydrogens (tertiary/aromatic N) is 4. The minimum absolute atomic E-state index is 0.0219. The van der Waals surface area contributed by atoms with Gasteiger partial charge in [-0.2, -0.15) is 5.10 Å². The summed E-state index contributed by atoms with van der Waals surface area (Å²) in [5.74, 6) is 1.00. The van der Waals surface area contributed by atoms with Crippen LogP contribution in [0.1, 0.15) is 49.9 Å². The highest BCUT2D eigenvalue weighted by Gasteiger charge is 2.12. The summed E-state index contributed by atoms with van der Waals surface area (Å²) in [5, 5.41) is 30.1. The van der Waals surface area contributed by atoms with Gasteiger partial charge in [0.05, 0.1) is 12.3 Å². The van der Waals surface area contributed by atoms with Crippen molar-refractivity contribution in [2.75, 3.05) is 48.3 Å². The normalized spacial score (nSPS) is 11.8. The van der Waals surface area contributed by atoms with Gasteiger partial charge in [-0.15, -0.1) is 16.9 Å². The zero-order valence-corrected chi connectivity index (χ0v) is 28.4. The lowest BCUT2D eigenvalue weighted by Crippen LogP contribution is -2.22. The second-order valence-electron chi connectivity index (χ2n) is 10.9. The van der Waals surface area contributed by atoms with Gasteiger partial charge < -0.3 is 24.7 Å². The molecule has 0 aliphatic heterocycles. The summed E-state index contributed by atoms with van der Waals surface area (Å²) in [6.07, 6.45) is 0.894. The Morgan fingerprint density at radius 1 is 0.783 bits per heavy atom. The third kappa shape index (κ3) is 9.61. The maximum Gasteiger partial charge on any atom is 0.128 e. The third-order valence-electron chi connectivity index (χ3n) is 7.80. The van der Waals surface area contributed by atoms with Gasteiger partial charge in [-0.25, -0.2) is 0 Å². The number of aliphatic hydroxyl groups is 1. The predicted octanol–water partition coefficient (Wildman–Crippen LogP) is 7.80. The first kappa shape index (κ1) is 34.6. The Bertz CT molecular complexity index is 1510. The lowest BCUT2D eigenvalue weighted by Gasteiger charge is -2.22. The Balaban J connectivity index is 1.48. The lowest BCUT2D eigenvalue weighted by atomic mass is 10.0. The van der Waals surface area contributed by atoms with E-state index in [1.165, 1.54) is 23.0 Å². The highest BCUT2D eigenvalue weighted by molar-refractivity contribution is 7.99. The van der Waals surface area contributed by atoms with Gasteiger partial charge in [-0.3, -0.25) is 0 Å². The molecule has 1 unspecified atom stereocenters. The molecule has 0 spiro atoms. The van der Waals surface area contributed by atoms with Crippen LogP contribution in [0.25, 0.3) is 0 Å². The fourth-order valence-corrected chi connectivity index (χ4v) is 5.87. The summed E-state index contributed by atoms with van der Waals surface area (Å²) >= 11 is 1.58. The van der Waals surface area contributed by atoms with Gasteiger partial charge >= 0.3 is 0 Å². The van der Waals surface area contributed by atoms with Gasteiger partial charge in [0.2, 0.25) is 0 Å². The summed E-state index contributed by atoms with van der Waals surface area (Å²) in [6.45, 7) is 14.5. The Kier molecular flexibility index (Phi) is 13.1.